The van der Waals surface area contributed by atoms with Gasteiger partial charge in [-0.05, 0) is 31.0 Å². The number of sulfone groups is 1. The standard InChI is InChI=1S/C15H21NO3S/c1-12(9-13-3-5-15(19-2)6-4-13)10-16-14-7-8-20(17,18)11-14/h3-6,9,14,16H,7-8,10-11H2,1-2H3. The molecule has 1 fully saturated rings. The van der Waals surface area contributed by atoms with Crippen LogP contribution in [-0.4, -0.2) is 39.6 Å². The maximum atomic E-state index is 11.4. The second kappa shape index (κ2) is 6.41. The SMILES string of the molecule is COc1ccc(C=C(C)CNC2CCS(=O)(=O)C2)cc1. The molecule has 0 amide bonds. The van der Waals surface area contributed by atoms with Crippen molar-refractivity contribution < 1.29 is 13.2 Å². The van der Waals surface area contributed by atoms with E-state index in [4.69, 9.17) is 4.74 Å². The molecule has 0 radical (unpaired) electrons. The minimum absolute atomic E-state index is 0.0965. The van der Waals surface area contributed by atoms with Crippen molar-refractivity contribution in [1.29, 1.82) is 0 Å². The third-order valence-electron chi connectivity index (χ3n) is 3.43. The lowest BCUT2D eigenvalue weighted by Gasteiger charge is -2.10. The molecule has 5 heteroatoms. The van der Waals surface area contributed by atoms with Crippen LogP contribution in [0.2, 0.25) is 0 Å². The van der Waals surface area contributed by atoms with Crippen LogP contribution in [0.1, 0.15) is 18.9 Å². The lowest BCUT2D eigenvalue weighted by atomic mass is 10.1. The van der Waals surface area contributed by atoms with Gasteiger partial charge in [0.25, 0.3) is 0 Å². The summed E-state index contributed by atoms with van der Waals surface area (Å²) in [5.41, 5.74) is 2.30. The molecule has 1 aromatic rings. The maximum absolute atomic E-state index is 11.4. The first kappa shape index (κ1) is 15.1. The first-order chi connectivity index (χ1) is 9.48. The van der Waals surface area contributed by atoms with Crippen LogP contribution in [0.3, 0.4) is 0 Å². The molecule has 1 saturated heterocycles. The molecule has 1 N–H and O–H groups in total. The number of hydrogen-bond donors (Lipinski definition) is 1. The number of methoxy groups -OCH3 is 1. The fourth-order valence-corrected chi connectivity index (χ4v) is 4.00. The minimum Gasteiger partial charge on any atom is -0.497 e. The summed E-state index contributed by atoms with van der Waals surface area (Å²) in [5.74, 6) is 1.42. The molecule has 1 aromatic carbocycles. The maximum Gasteiger partial charge on any atom is 0.151 e. The number of nitrogens with one attached hydrogen (secondary N) is 1. The predicted molar refractivity (Wildman–Crippen MR) is 81.7 cm³/mol. The average Bonchev–Trinajstić information content (AvgIpc) is 2.77. The third kappa shape index (κ3) is 4.35. The molecule has 1 heterocycles. The molecule has 1 atom stereocenters. The van der Waals surface area contributed by atoms with E-state index in [9.17, 15) is 8.42 Å². The molecule has 4 nitrogen and oxygen atoms in total. The van der Waals surface area contributed by atoms with Crippen LogP contribution in [-0.2, 0) is 9.84 Å². The van der Waals surface area contributed by atoms with Gasteiger partial charge in [0.1, 0.15) is 5.75 Å². The van der Waals surface area contributed by atoms with Gasteiger partial charge in [-0.2, -0.15) is 0 Å². The second-order valence-electron chi connectivity index (χ2n) is 5.24. The van der Waals surface area contributed by atoms with Crippen molar-refractivity contribution in [1.82, 2.24) is 5.32 Å². The summed E-state index contributed by atoms with van der Waals surface area (Å²) in [6.07, 6.45) is 2.81. The van der Waals surface area contributed by atoms with Crippen molar-refractivity contribution in [2.75, 3.05) is 25.2 Å². The van der Waals surface area contributed by atoms with Crippen molar-refractivity contribution >= 4 is 15.9 Å². The van der Waals surface area contributed by atoms with Gasteiger partial charge in [-0.15, -0.1) is 0 Å². The van der Waals surface area contributed by atoms with Crippen molar-refractivity contribution in [2.24, 2.45) is 0 Å². The van der Waals surface area contributed by atoms with Crippen molar-refractivity contribution in [3.8, 4) is 5.75 Å². The van der Waals surface area contributed by atoms with Gasteiger partial charge in [0.15, 0.2) is 9.84 Å². The molecular formula is C15H21NO3S. The number of rotatable bonds is 5. The Kier molecular flexibility index (Phi) is 4.83. The molecule has 1 aliphatic heterocycles. The topological polar surface area (TPSA) is 55.4 Å². The molecule has 20 heavy (non-hydrogen) atoms. The number of benzene rings is 1. The van der Waals surface area contributed by atoms with Crippen LogP contribution in [0.5, 0.6) is 5.75 Å². The van der Waals surface area contributed by atoms with E-state index in [1.54, 1.807) is 7.11 Å². The Hall–Kier alpha value is -1.33. The Morgan fingerprint density at radius 2 is 2.10 bits per heavy atom. The second-order valence-corrected chi connectivity index (χ2v) is 7.47. The first-order valence-electron chi connectivity index (χ1n) is 6.73. The van der Waals surface area contributed by atoms with Crippen molar-refractivity contribution in [3.63, 3.8) is 0 Å². The van der Waals surface area contributed by atoms with E-state index < -0.39 is 9.84 Å². The lowest BCUT2D eigenvalue weighted by Crippen LogP contribution is -2.31. The largest absolute Gasteiger partial charge is 0.497 e. The van der Waals surface area contributed by atoms with Crippen LogP contribution in [0.4, 0.5) is 0 Å². The van der Waals surface area contributed by atoms with E-state index >= 15 is 0 Å². The smallest absolute Gasteiger partial charge is 0.151 e. The Morgan fingerprint density at radius 1 is 1.40 bits per heavy atom. The summed E-state index contributed by atoms with van der Waals surface area (Å²) in [4.78, 5) is 0. The summed E-state index contributed by atoms with van der Waals surface area (Å²) < 4.78 is 27.9. The fourth-order valence-electron chi connectivity index (χ4n) is 2.30. The molecule has 0 bridgehead atoms. The number of ether oxygens (including phenoxy) is 1. The average molecular weight is 295 g/mol. The summed E-state index contributed by atoms with van der Waals surface area (Å²) >= 11 is 0. The van der Waals surface area contributed by atoms with E-state index in [2.05, 4.69) is 11.4 Å². The molecule has 0 aromatic heterocycles. The molecule has 110 valence electrons. The quantitative estimate of drug-likeness (QED) is 0.901. The van der Waals surface area contributed by atoms with Crippen LogP contribution < -0.4 is 10.1 Å². The van der Waals surface area contributed by atoms with Crippen LogP contribution in [0, 0.1) is 0 Å². The Morgan fingerprint density at radius 3 is 2.65 bits per heavy atom. The predicted octanol–water partition coefficient (Wildman–Crippen LogP) is 1.88. The highest BCUT2D eigenvalue weighted by atomic mass is 32.2. The van der Waals surface area contributed by atoms with E-state index in [0.29, 0.717) is 12.3 Å². The van der Waals surface area contributed by atoms with Crippen LogP contribution in [0.25, 0.3) is 6.08 Å². The third-order valence-corrected chi connectivity index (χ3v) is 5.20. The molecule has 2 rings (SSSR count). The monoisotopic (exact) mass is 295 g/mol. The molecule has 0 spiro atoms. The van der Waals surface area contributed by atoms with Gasteiger partial charge in [0.2, 0.25) is 0 Å². The molecule has 0 saturated carbocycles. The lowest BCUT2D eigenvalue weighted by molar-refractivity contribution is 0.415. The van der Waals surface area contributed by atoms with Gasteiger partial charge < -0.3 is 10.1 Å². The summed E-state index contributed by atoms with van der Waals surface area (Å²) in [6.45, 7) is 2.76. The zero-order valence-electron chi connectivity index (χ0n) is 11.9. The van der Waals surface area contributed by atoms with E-state index in [1.807, 2.05) is 31.2 Å². The van der Waals surface area contributed by atoms with Crippen LogP contribution >= 0.6 is 0 Å². The normalized spacial score (nSPS) is 21.9. The zero-order chi connectivity index (χ0) is 14.6. The highest BCUT2D eigenvalue weighted by Gasteiger charge is 2.27. The van der Waals surface area contributed by atoms with Crippen LogP contribution in [0.15, 0.2) is 29.8 Å². The summed E-state index contributed by atoms with van der Waals surface area (Å²) in [6, 6.07) is 7.95. The molecule has 1 unspecified atom stereocenters. The Balaban J connectivity index is 1.87. The highest BCUT2D eigenvalue weighted by molar-refractivity contribution is 7.91. The number of hydrogen-bond acceptors (Lipinski definition) is 4. The zero-order valence-corrected chi connectivity index (χ0v) is 12.7. The molecule has 0 aliphatic carbocycles. The first-order valence-corrected chi connectivity index (χ1v) is 8.56. The van der Waals surface area contributed by atoms with Gasteiger partial charge in [0.05, 0.1) is 18.6 Å². The molecular weight excluding hydrogens is 274 g/mol. The van der Waals surface area contributed by atoms with E-state index in [1.165, 1.54) is 5.57 Å². The van der Waals surface area contributed by atoms with Crippen molar-refractivity contribution in [3.05, 3.63) is 35.4 Å². The Labute approximate surface area is 120 Å². The minimum atomic E-state index is -2.81. The summed E-state index contributed by atoms with van der Waals surface area (Å²) in [7, 11) is -1.16. The van der Waals surface area contributed by atoms with Gasteiger partial charge in [-0.25, -0.2) is 8.42 Å². The van der Waals surface area contributed by atoms with Gasteiger partial charge in [0, 0.05) is 12.6 Å². The van der Waals surface area contributed by atoms with E-state index in [-0.39, 0.29) is 11.8 Å². The van der Waals surface area contributed by atoms with Gasteiger partial charge in [-0.3, -0.25) is 0 Å². The van der Waals surface area contributed by atoms with Gasteiger partial charge in [-0.1, -0.05) is 23.8 Å². The Bertz CT molecular complexity index is 576. The summed E-state index contributed by atoms with van der Waals surface area (Å²) in [5, 5.41) is 3.31. The van der Waals surface area contributed by atoms with Crippen molar-refractivity contribution in [2.45, 2.75) is 19.4 Å². The van der Waals surface area contributed by atoms with Gasteiger partial charge >= 0.3 is 0 Å². The molecule has 1 aliphatic rings. The fraction of sp³-hybridized carbons (Fsp3) is 0.467. The van der Waals surface area contributed by atoms with E-state index in [0.717, 1.165) is 17.7 Å². The highest BCUT2D eigenvalue weighted by Crippen LogP contribution is 2.15.